The Morgan fingerprint density at radius 1 is 1.50 bits per heavy atom. The Kier molecular flexibility index (Phi) is 4.50. The van der Waals surface area contributed by atoms with Crippen LogP contribution in [0, 0.1) is 0 Å². The molecule has 0 radical (unpaired) electrons. The third kappa shape index (κ3) is 2.42. The van der Waals surface area contributed by atoms with Gasteiger partial charge in [0.15, 0.2) is 0 Å². The Labute approximate surface area is 100 Å². The SMILES string of the molecule is C/C=C\C1=C(C(=O)OCC)C(Cl)=N/C1=C\C. The predicted molar refractivity (Wildman–Crippen MR) is 65.5 cm³/mol. The molecule has 0 unspecified atom stereocenters. The van der Waals surface area contributed by atoms with Crippen molar-refractivity contribution in [2.24, 2.45) is 4.99 Å². The van der Waals surface area contributed by atoms with Crippen molar-refractivity contribution < 1.29 is 9.53 Å². The van der Waals surface area contributed by atoms with Gasteiger partial charge in [-0.1, -0.05) is 29.8 Å². The van der Waals surface area contributed by atoms with Crippen molar-refractivity contribution in [3.8, 4) is 0 Å². The smallest absolute Gasteiger partial charge is 0.341 e. The van der Waals surface area contributed by atoms with Crippen LogP contribution in [-0.4, -0.2) is 17.7 Å². The fourth-order valence-electron chi connectivity index (χ4n) is 1.41. The molecule has 0 aromatic carbocycles. The van der Waals surface area contributed by atoms with Crippen LogP contribution in [0.5, 0.6) is 0 Å². The number of carbonyl (C=O) groups is 1. The van der Waals surface area contributed by atoms with Gasteiger partial charge >= 0.3 is 5.97 Å². The maximum atomic E-state index is 11.7. The number of carbonyl (C=O) groups excluding carboxylic acids is 1. The molecule has 1 aliphatic rings. The van der Waals surface area contributed by atoms with E-state index in [-0.39, 0.29) is 5.17 Å². The summed E-state index contributed by atoms with van der Waals surface area (Å²) < 4.78 is 4.94. The largest absolute Gasteiger partial charge is 0.462 e. The lowest BCUT2D eigenvalue weighted by molar-refractivity contribution is -0.137. The fourth-order valence-corrected chi connectivity index (χ4v) is 1.68. The maximum absolute atomic E-state index is 11.7. The minimum atomic E-state index is -0.429. The summed E-state index contributed by atoms with van der Waals surface area (Å²) in [5.41, 5.74) is 1.76. The van der Waals surface area contributed by atoms with Gasteiger partial charge in [-0.25, -0.2) is 9.79 Å². The number of rotatable bonds is 3. The van der Waals surface area contributed by atoms with E-state index >= 15 is 0 Å². The second-order valence-electron chi connectivity index (χ2n) is 3.09. The standard InChI is InChI=1S/C12H14ClNO2/c1-4-7-8-9(5-2)14-11(13)10(8)12(15)16-6-3/h4-5,7H,6H2,1-3H3/b7-4-,9-5-. The van der Waals surface area contributed by atoms with Crippen molar-refractivity contribution in [2.45, 2.75) is 20.8 Å². The number of hydrogen-bond acceptors (Lipinski definition) is 3. The zero-order chi connectivity index (χ0) is 12.1. The van der Waals surface area contributed by atoms with E-state index in [0.717, 1.165) is 0 Å². The van der Waals surface area contributed by atoms with Crippen LogP contribution in [0.2, 0.25) is 0 Å². The Hall–Kier alpha value is -1.35. The molecule has 0 aromatic heterocycles. The van der Waals surface area contributed by atoms with Gasteiger partial charge in [0.05, 0.1) is 12.3 Å². The van der Waals surface area contributed by atoms with Gasteiger partial charge in [0.2, 0.25) is 0 Å². The van der Waals surface area contributed by atoms with Crippen LogP contribution in [-0.2, 0) is 9.53 Å². The molecule has 0 bridgehead atoms. The lowest BCUT2D eigenvalue weighted by Crippen LogP contribution is -2.12. The molecule has 0 spiro atoms. The quantitative estimate of drug-likeness (QED) is 0.711. The molecule has 1 heterocycles. The second-order valence-corrected chi connectivity index (χ2v) is 3.44. The topological polar surface area (TPSA) is 38.7 Å². The molecule has 16 heavy (non-hydrogen) atoms. The molecule has 0 fully saturated rings. The number of hydrogen-bond donors (Lipinski definition) is 0. The summed E-state index contributed by atoms with van der Waals surface area (Å²) in [5, 5.41) is 0.194. The van der Waals surface area contributed by atoms with E-state index in [1.54, 1.807) is 13.0 Å². The van der Waals surface area contributed by atoms with Crippen LogP contribution in [0.3, 0.4) is 0 Å². The lowest BCUT2D eigenvalue weighted by atomic mass is 10.1. The van der Waals surface area contributed by atoms with E-state index in [1.165, 1.54) is 0 Å². The summed E-state index contributed by atoms with van der Waals surface area (Å²) in [6.07, 6.45) is 5.45. The summed E-state index contributed by atoms with van der Waals surface area (Å²) in [7, 11) is 0. The first-order valence-corrected chi connectivity index (χ1v) is 5.48. The number of allylic oxidation sites excluding steroid dienone is 3. The van der Waals surface area contributed by atoms with E-state index in [4.69, 9.17) is 16.3 Å². The molecule has 86 valence electrons. The summed E-state index contributed by atoms with van der Waals surface area (Å²) in [5.74, 6) is -0.429. The Balaban J connectivity index is 3.22. The van der Waals surface area contributed by atoms with Crippen molar-refractivity contribution in [3.05, 3.63) is 35.1 Å². The van der Waals surface area contributed by atoms with E-state index in [2.05, 4.69) is 4.99 Å². The van der Waals surface area contributed by atoms with Crippen molar-refractivity contribution in [1.29, 1.82) is 0 Å². The summed E-state index contributed by atoms with van der Waals surface area (Å²) in [6, 6.07) is 0. The van der Waals surface area contributed by atoms with E-state index in [1.807, 2.05) is 26.0 Å². The highest BCUT2D eigenvalue weighted by molar-refractivity contribution is 6.73. The van der Waals surface area contributed by atoms with Gasteiger partial charge in [-0.2, -0.15) is 0 Å². The van der Waals surface area contributed by atoms with Crippen LogP contribution in [0.25, 0.3) is 0 Å². The van der Waals surface area contributed by atoms with Gasteiger partial charge in [0.1, 0.15) is 10.7 Å². The highest BCUT2D eigenvalue weighted by atomic mass is 35.5. The zero-order valence-electron chi connectivity index (χ0n) is 9.58. The van der Waals surface area contributed by atoms with Crippen molar-refractivity contribution in [2.75, 3.05) is 6.61 Å². The monoisotopic (exact) mass is 239 g/mol. The molecule has 0 N–H and O–H groups in total. The average molecular weight is 240 g/mol. The van der Waals surface area contributed by atoms with Crippen LogP contribution < -0.4 is 0 Å². The molecule has 0 amide bonds. The summed E-state index contributed by atoms with van der Waals surface area (Å²) >= 11 is 5.93. The maximum Gasteiger partial charge on any atom is 0.341 e. The van der Waals surface area contributed by atoms with Crippen molar-refractivity contribution >= 4 is 22.7 Å². The molecular weight excluding hydrogens is 226 g/mol. The zero-order valence-corrected chi connectivity index (χ0v) is 10.3. The van der Waals surface area contributed by atoms with E-state index < -0.39 is 5.97 Å². The Bertz CT molecular complexity index is 417. The number of aliphatic imine (C=N–C) groups is 1. The van der Waals surface area contributed by atoms with Crippen LogP contribution in [0.1, 0.15) is 20.8 Å². The predicted octanol–water partition coefficient (Wildman–Crippen LogP) is 2.98. The third-order valence-corrected chi connectivity index (χ3v) is 2.33. The van der Waals surface area contributed by atoms with Gasteiger partial charge in [0, 0.05) is 5.57 Å². The van der Waals surface area contributed by atoms with Crippen molar-refractivity contribution in [3.63, 3.8) is 0 Å². The fraction of sp³-hybridized carbons (Fsp3) is 0.333. The highest BCUT2D eigenvalue weighted by Gasteiger charge is 2.27. The summed E-state index contributed by atoms with van der Waals surface area (Å²) in [6.45, 7) is 5.79. The minimum Gasteiger partial charge on any atom is -0.462 e. The molecule has 0 aromatic rings. The molecule has 0 saturated carbocycles. The van der Waals surface area contributed by atoms with Crippen LogP contribution in [0.4, 0.5) is 0 Å². The normalized spacial score (nSPS) is 18.5. The van der Waals surface area contributed by atoms with Crippen LogP contribution in [0.15, 0.2) is 40.1 Å². The third-order valence-electron chi connectivity index (χ3n) is 2.06. The molecule has 0 atom stereocenters. The summed E-state index contributed by atoms with van der Waals surface area (Å²) in [4.78, 5) is 15.8. The van der Waals surface area contributed by atoms with E-state index in [0.29, 0.717) is 23.5 Å². The van der Waals surface area contributed by atoms with Crippen molar-refractivity contribution in [1.82, 2.24) is 0 Å². The molecule has 1 aliphatic heterocycles. The highest BCUT2D eigenvalue weighted by Crippen LogP contribution is 2.29. The van der Waals surface area contributed by atoms with E-state index in [9.17, 15) is 4.79 Å². The molecule has 3 nitrogen and oxygen atoms in total. The van der Waals surface area contributed by atoms with Gasteiger partial charge in [0.25, 0.3) is 0 Å². The number of nitrogens with zero attached hydrogens (tertiary/aromatic N) is 1. The second kappa shape index (κ2) is 5.66. The van der Waals surface area contributed by atoms with Crippen LogP contribution >= 0.6 is 11.6 Å². The number of ether oxygens (including phenoxy) is 1. The first-order valence-electron chi connectivity index (χ1n) is 5.11. The Morgan fingerprint density at radius 3 is 2.69 bits per heavy atom. The van der Waals surface area contributed by atoms with Gasteiger partial charge < -0.3 is 4.74 Å². The molecular formula is C12H14ClNO2. The van der Waals surface area contributed by atoms with Gasteiger partial charge in [-0.15, -0.1) is 0 Å². The molecule has 4 heteroatoms. The Morgan fingerprint density at radius 2 is 2.19 bits per heavy atom. The lowest BCUT2D eigenvalue weighted by Gasteiger charge is -2.03. The first kappa shape index (κ1) is 12.7. The average Bonchev–Trinajstić information content (AvgIpc) is 2.56. The number of halogens is 1. The first-order chi connectivity index (χ1) is 7.65. The van der Waals surface area contributed by atoms with Gasteiger partial charge in [-0.05, 0) is 20.8 Å². The minimum absolute atomic E-state index is 0.194. The number of esters is 1. The molecule has 0 aliphatic carbocycles. The molecule has 1 rings (SSSR count). The molecule has 0 saturated heterocycles. The van der Waals surface area contributed by atoms with Gasteiger partial charge in [-0.3, -0.25) is 0 Å².